The molecule has 0 fully saturated rings. The van der Waals surface area contributed by atoms with E-state index in [2.05, 4.69) is 5.32 Å². The molecule has 0 heterocycles. The topological polar surface area (TPSA) is 104 Å². The molecule has 0 saturated carbocycles. The molecule has 1 atom stereocenters. The first-order chi connectivity index (χ1) is 8.81. The number of carbonyl (C=O) groups excluding carboxylic acids is 1. The Hall–Kier alpha value is -2.08. The zero-order valence-corrected chi connectivity index (χ0v) is 10.8. The van der Waals surface area contributed by atoms with Gasteiger partial charge < -0.3 is 15.5 Å². The second kappa shape index (κ2) is 6.19. The Bertz CT molecular complexity index is 529. The highest BCUT2D eigenvalue weighted by molar-refractivity contribution is 6.31. The van der Waals surface area contributed by atoms with E-state index in [1.807, 2.05) is 0 Å². The summed E-state index contributed by atoms with van der Waals surface area (Å²) >= 11 is 5.81. The Morgan fingerprint density at radius 3 is 2.42 bits per heavy atom. The molecular weight excluding hydrogens is 274 g/mol. The van der Waals surface area contributed by atoms with Crippen molar-refractivity contribution in [1.82, 2.24) is 5.32 Å². The fourth-order valence-electron chi connectivity index (χ4n) is 1.40. The molecule has 0 aliphatic heterocycles. The summed E-state index contributed by atoms with van der Waals surface area (Å²) < 4.78 is 0. The van der Waals surface area contributed by atoms with Gasteiger partial charge in [-0.2, -0.15) is 0 Å². The lowest BCUT2D eigenvalue weighted by Gasteiger charge is -2.12. The first-order valence-corrected chi connectivity index (χ1v) is 5.70. The average Bonchev–Trinajstić information content (AvgIpc) is 2.31. The van der Waals surface area contributed by atoms with Gasteiger partial charge in [0, 0.05) is 10.6 Å². The standard InChI is InChI=1S/C12H12ClNO5/c1-6-4-7(2-3-8(6)13)11(17)14-9(12(18)19)5-10(15)16/h2-4,9H,5H2,1H3,(H,14,17)(H,15,16)(H,18,19). The van der Waals surface area contributed by atoms with E-state index in [1.165, 1.54) is 18.2 Å². The first kappa shape index (κ1) is 15.0. The molecule has 102 valence electrons. The average molecular weight is 286 g/mol. The number of carbonyl (C=O) groups is 3. The fourth-order valence-corrected chi connectivity index (χ4v) is 1.52. The first-order valence-electron chi connectivity index (χ1n) is 5.33. The van der Waals surface area contributed by atoms with Gasteiger partial charge >= 0.3 is 11.9 Å². The number of aryl methyl sites for hydroxylation is 1. The van der Waals surface area contributed by atoms with Gasteiger partial charge in [0.15, 0.2) is 0 Å². The smallest absolute Gasteiger partial charge is 0.326 e. The maximum Gasteiger partial charge on any atom is 0.326 e. The Kier molecular flexibility index (Phi) is 4.88. The molecule has 0 spiro atoms. The van der Waals surface area contributed by atoms with Gasteiger partial charge in [-0.05, 0) is 30.7 Å². The SMILES string of the molecule is Cc1cc(C(=O)NC(CC(=O)O)C(=O)O)ccc1Cl. The Morgan fingerprint density at radius 1 is 1.32 bits per heavy atom. The lowest BCUT2D eigenvalue weighted by Crippen LogP contribution is -2.42. The van der Waals surface area contributed by atoms with Crippen molar-refractivity contribution in [3.05, 3.63) is 34.3 Å². The van der Waals surface area contributed by atoms with Crippen LogP contribution in [0.2, 0.25) is 5.02 Å². The van der Waals surface area contributed by atoms with Gasteiger partial charge in [-0.25, -0.2) is 4.79 Å². The van der Waals surface area contributed by atoms with Gasteiger partial charge in [-0.1, -0.05) is 11.6 Å². The third-order valence-corrected chi connectivity index (χ3v) is 2.83. The van der Waals surface area contributed by atoms with E-state index < -0.39 is 30.3 Å². The Labute approximate surface area is 114 Å². The fraction of sp³-hybridized carbons (Fsp3) is 0.250. The molecule has 1 aromatic carbocycles. The molecule has 0 saturated heterocycles. The van der Waals surface area contributed by atoms with Crippen molar-refractivity contribution in [3.63, 3.8) is 0 Å². The molecule has 1 unspecified atom stereocenters. The predicted octanol–water partition coefficient (Wildman–Crippen LogP) is 1.31. The molecule has 19 heavy (non-hydrogen) atoms. The second-order valence-electron chi connectivity index (χ2n) is 3.93. The normalized spacial score (nSPS) is 11.7. The van der Waals surface area contributed by atoms with Crippen molar-refractivity contribution >= 4 is 29.4 Å². The molecule has 1 rings (SSSR count). The molecule has 0 radical (unpaired) electrons. The minimum absolute atomic E-state index is 0.221. The summed E-state index contributed by atoms with van der Waals surface area (Å²) in [7, 11) is 0. The largest absolute Gasteiger partial charge is 0.481 e. The number of aliphatic carboxylic acids is 2. The van der Waals surface area contributed by atoms with E-state index in [-0.39, 0.29) is 5.56 Å². The highest BCUT2D eigenvalue weighted by Crippen LogP contribution is 2.16. The van der Waals surface area contributed by atoms with Crippen LogP contribution in [0.1, 0.15) is 22.3 Å². The van der Waals surface area contributed by atoms with Crippen LogP contribution in [0.4, 0.5) is 0 Å². The molecule has 0 aliphatic carbocycles. The summed E-state index contributed by atoms with van der Waals surface area (Å²) in [5.41, 5.74) is 0.887. The van der Waals surface area contributed by atoms with Crippen molar-refractivity contribution in [1.29, 1.82) is 0 Å². The Balaban J connectivity index is 2.84. The van der Waals surface area contributed by atoms with E-state index in [1.54, 1.807) is 6.92 Å². The van der Waals surface area contributed by atoms with E-state index >= 15 is 0 Å². The lowest BCUT2D eigenvalue weighted by molar-refractivity contribution is -0.145. The van der Waals surface area contributed by atoms with E-state index in [0.29, 0.717) is 10.6 Å². The molecule has 0 aliphatic rings. The van der Waals surface area contributed by atoms with Crippen molar-refractivity contribution in [2.24, 2.45) is 0 Å². The Morgan fingerprint density at radius 2 is 1.95 bits per heavy atom. The van der Waals surface area contributed by atoms with Gasteiger partial charge in [0.1, 0.15) is 6.04 Å². The molecule has 1 aromatic rings. The third kappa shape index (κ3) is 4.26. The number of benzene rings is 1. The van der Waals surface area contributed by atoms with Crippen molar-refractivity contribution in [2.45, 2.75) is 19.4 Å². The zero-order valence-electron chi connectivity index (χ0n) is 10.0. The highest BCUT2D eigenvalue weighted by atomic mass is 35.5. The minimum atomic E-state index is -1.47. The van der Waals surface area contributed by atoms with Crippen LogP contribution in [0.3, 0.4) is 0 Å². The van der Waals surface area contributed by atoms with Crippen LogP contribution < -0.4 is 5.32 Å². The predicted molar refractivity (Wildman–Crippen MR) is 67.3 cm³/mol. The van der Waals surface area contributed by atoms with Gasteiger partial charge in [0.2, 0.25) is 0 Å². The summed E-state index contributed by atoms with van der Waals surface area (Å²) in [4.78, 5) is 33.1. The molecule has 7 heteroatoms. The minimum Gasteiger partial charge on any atom is -0.481 e. The summed E-state index contributed by atoms with van der Waals surface area (Å²) in [5, 5.41) is 20.0. The number of hydrogen-bond acceptors (Lipinski definition) is 3. The maximum atomic E-state index is 11.8. The summed E-state index contributed by atoms with van der Waals surface area (Å²) in [5.74, 6) is -3.37. The number of carboxylic acid groups (broad SMARTS) is 2. The highest BCUT2D eigenvalue weighted by Gasteiger charge is 2.23. The third-order valence-electron chi connectivity index (χ3n) is 2.40. The number of nitrogens with one attached hydrogen (secondary N) is 1. The molecule has 3 N–H and O–H groups in total. The van der Waals surface area contributed by atoms with Crippen LogP contribution in [-0.2, 0) is 9.59 Å². The van der Waals surface area contributed by atoms with E-state index in [9.17, 15) is 14.4 Å². The van der Waals surface area contributed by atoms with Crippen LogP contribution in [0.25, 0.3) is 0 Å². The van der Waals surface area contributed by atoms with Gasteiger partial charge in [0.05, 0.1) is 6.42 Å². The summed E-state index contributed by atoms with van der Waals surface area (Å²) in [6.45, 7) is 1.70. The number of carboxylic acids is 2. The molecule has 0 bridgehead atoms. The van der Waals surface area contributed by atoms with Crippen LogP contribution in [0.5, 0.6) is 0 Å². The van der Waals surface area contributed by atoms with Crippen LogP contribution in [-0.4, -0.2) is 34.1 Å². The van der Waals surface area contributed by atoms with E-state index in [0.717, 1.165) is 0 Å². The van der Waals surface area contributed by atoms with Crippen LogP contribution in [0, 0.1) is 6.92 Å². The van der Waals surface area contributed by atoms with Crippen molar-refractivity contribution < 1.29 is 24.6 Å². The molecular formula is C12H12ClNO5. The van der Waals surface area contributed by atoms with E-state index in [4.69, 9.17) is 21.8 Å². The van der Waals surface area contributed by atoms with Gasteiger partial charge in [-0.15, -0.1) is 0 Å². The van der Waals surface area contributed by atoms with Gasteiger partial charge in [0.25, 0.3) is 5.91 Å². The maximum absolute atomic E-state index is 11.8. The monoisotopic (exact) mass is 285 g/mol. The summed E-state index contributed by atoms with van der Waals surface area (Å²) in [6.07, 6.45) is -0.687. The molecule has 6 nitrogen and oxygen atoms in total. The quantitative estimate of drug-likeness (QED) is 0.756. The molecule has 0 aromatic heterocycles. The zero-order chi connectivity index (χ0) is 14.6. The second-order valence-corrected chi connectivity index (χ2v) is 4.33. The van der Waals surface area contributed by atoms with Crippen LogP contribution >= 0.6 is 11.6 Å². The molecule has 1 amide bonds. The lowest BCUT2D eigenvalue weighted by atomic mass is 10.1. The summed E-state index contributed by atoms with van der Waals surface area (Å²) in [6, 6.07) is 2.97. The number of rotatable bonds is 5. The van der Waals surface area contributed by atoms with Gasteiger partial charge in [-0.3, -0.25) is 9.59 Å². The number of halogens is 1. The van der Waals surface area contributed by atoms with Crippen molar-refractivity contribution in [2.75, 3.05) is 0 Å². The number of amides is 1. The van der Waals surface area contributed by atoms with Crippen LogP contribution in [0.15, 0.2) is 18.2 Å². The number of hydrogen-bond donors (Lipinski definition) is 3. The van der Waals surface area contributed by atoms with Crippen molar-refractivity contribution in [3.8, 4) is 0 Å².